The fourth-order valence-electron chi connectivity index (χ4n) is 5.13. The molecule has 0 saturated heterocycles. The Labute approximate surface area is 200 Å². The van der Waals surface area contributed by atoms with Crippen molar-refractivity contribution in [3.63, 3.8) is 0 Å². The van der Waals surface area contributed by atoms with E-state index in [1.807, 2.05) is 41.3 Å². The molecule has 0 spiro atoms. The molecule has 2 aliphatic carbocycles. The predicted octanol–water partition coefficient (Wildman–Crippen LogP) is 6.05. The lowest BCUT2D eigenvalue weighted by Crippen LogP contribution is -2.46. The highest BCUT2D eigenvalue weighted by atomic mass is 32.1. The molecule has 1 N–H and O–H groups in total. The van der Waals surface area contributed by atoms with E-state index in [9.17, 15) is 14.7 Å². The smallest absolute Gasteiger partial charge is 0.341 e. The number of aliphatic hydroxyl groups excluding tert-OH is 1. The van der Waals surface area contributed by atoms with Crippen molar-refractivity contribution in [2.24, 2.45) is 11.8 Å². The van der Waals surface area contributed by atoms with E-state index in [-0.39, 0.29) is 29.9 Å². The molecular formula is C27H35NO4S. The van der Waals surface area contributed by atoms with Gasteiger partial charge in [0.15, 0.2) is 0 Å². The zero-order chi connectivity index (χ0) is 23.4. The maximum absolute atomic E-state index is 14.0. The van der Waals surface area contributed by atoms with Gasteiger partial charge in [0, 0.05) is 16.8 Å². The van der Waals surface area contributed by atoms with Gasteiger partial charge in [0.25, 0.3) is 0 Å². The molecule has 2 aromatic rings. The van der Waals surface area contributed by atoms with Crippen LogP contribution in [0.15, 0.2) is 36.4 Å². The Kier molecular flexibility index (Phi) is 7.86. The van der Waals surface area contributed by atoms with Gasteiger partial charge in [0.1, 0.15) is 5.00 Å². The molecule has 0 radical (unpaired) electrons. The first kappa shape index (κ1) is 24.0. The van der Waals surface area contributed by atoms with Gasteiger partial charge in [-0.2, -0.15) is 0 Å². The van der Waals surface area contributed by atoms with Crippen LogP contribution in [-0.2, 0) is 9.53 Å². The Hall–Kier alpha value is -2.18. The number of benzene rings is 1. The first-order valence-corrected chi connectivity index (χ1v) is 13.2. The highest BCUT2D eigenvalue weighted by Crippen LogP contribution is 2.43. The number of thiophene rings is 1. The first-order valence-electron chi connectivity index (χ1n) is 12.4. The second kappa shape index (κ2) is 10.8. The average Bonchev–Trinajstić information content (AvgIpc) is 3.27. The van der Waals surface area contributed by atoms with E-state index in [2.05, 4.69) is 6.92 Å². The molecule has 5 nitrogen and oxygen atoms in total. The van der Waals surface area contributed by atoms with Gasteiger partial charge in [0.2, 0.25) is 5.91 Å². The van der Waals surface area contributed by atoms with Crippen molar-refractivity contribution in [2.45, 2.75) is 77.4 Å². The van der Waals surface area contributed by atoms with Gasteiger partial charge in [-0.3, -0.25) is 9.69 Å². The van der Waals surface area contributed by atoms with Crippen molar-refractivity contribution < 1.29 is 19.4 Å². The molecule has 1 aromatic heterocycles. The van der Waals surface area contributed by atoms with Crippen LogP contribution in [0, 0.1) is 11.8 Å². The molecule has 2 aliphatic rings. The number of anilines is 1. The van der Waals surface area contributed by atoms with E-state index in [1.54, 1.807) is 6.92 Å². The Morgan fingerprint density at radius 1 is 1.03 bits per heavy atom. The van der Waals surface area contributed by atoms with E-state index in [4.69, 9.17) is 4.74 Å². The van der Waals surface area contributed by atoms with Crippen LogP contribution < -0.4 is 4.90 Å². The third-order valence-corrected chi connectivity index (χ3v) is 8.30. The Morgan fingerprint density at radius 3 is 2.33 bits per heavy atom. The van der Waals surface area contributed by atoms with Gasteiger partial charge in [-0.05, 0) is 75.8 Å². The molecule has 0 atom stereocenters. The average molecular weight is 470 g/mol. The number of amides is 1. The van der Waals surface area contributed by atoms with Crippen LogP contribution in [0.1, 0.15) is 75.6 Å². The van der Waals surface area contributed by atoms with Gasteiger partial charge in [-0.1, -0.05) is 37.3 Å². The summed E-state index contributed by atoms with van der Waals surface area (Å²) in [6.07, 6.45) is 6.49. The minimum absolute atomic E-state index is 0.00398. The van der Waals surface area contributed by atoms with Crippen LogP contribution in [-0.4, -0.2) is 35.7 Å². The molecule has 6 heteroatoms. The van der Waals surface area contributed by atoms with Gasteiger partial charge in [0.05, 0.1) is 18.3 Å². The Morgan fingerprint density at radius 2 is 1.70 bits per heavy atom. The van der Waals surface area contributed by atoms with Crippen molar-refractivity contribution in [2.75, 3.05) is 11.5 Å². The molecule has 178 valence electrons. The standard InChI is InChI=1S/C27H35NO4S/c1-3-32-27(31)23-17-24(19-7-5-4-6-8-19)33-26(23)28(21-13-15-22(29)16-14-21)25(30)20-11-9-18(2)10-12-20/h4-8,17-18,20-22,29H,3,9-16H2,1-2H3. The number of aliphatic hydroxyl groups is 1. The maximum atomic E-state index is 14.0. The van der Waals surface area contributed by atoms with Crippen LogP contribution >= 0.6 is 11.3 Å². The molecule has 2 fully saturated rings. The predicted molar refractivity (Wildman–Crippen MR) is 133 cm³/mol. The van der Waals surface area contributed by atoms with E-state index >= 15 is 0 Å². The summed E-state index contributed by atoms with van der Waals surface area (Å²) < 4.78 is 5.40. The molecule has 0 bridgehead atoms. The molecule has 1 amide bonds. The Bertz CT molecular complexity index is 940. The second-order valence-corrected chi connectivity index (χ2v) is 10.6. The van der Waals surface area contributed by atoms with E-state index in [0.29, 0.717) is 35.9 Å². The highest BCUT2D eigenvalue weighted by Gasteiger charge is 2.37. The molecule has 4 rings (SSSR count). The number of esters is 1. The van der Waals surface area contributed by atoms with Crippen molar-refractivity contribution in [3.05, 3.63) is 42.0 Å². The van der Waals surface area contributed by atoms with Gasteiger partial charge in [-0.15, -0.1) is 11.3 Å². The van der Waals surface area contributed by atoms with E-state index in [0.717, 1.165) is 49.0 Å². The summed E-state index contributed by atoms with van der Waals surface area (Å²) in [6.45, 7) is 4.35. The van der Waals surface area contributed by atoms with Crippen LogP contribution in [0.5, 0.6) is 0 Å². The summed E-state index contributed by atoms with van der Waals surface area (Å²) in [7, 11) is 0. The fraction of sp³-hybridized carbons (Fsp3) is 0.556. The van der Waals surface area contributed by atoms with Crippen molar-refractivity contribution in [3.8, 4) is 10.4 Å². The summed E-state index contributed by atoms with van der Waals surface area (Å²) in [4.78, 5) is 29.9. The van der Waals surface area contributed by atoms with Crippen LogP contribution in [0.4, 0.5) is 5.00 Å². The monoisotopic (exact) mass is 469 g/mol. The summed E-state index contributed by atoms with van der Waals surface area (Å²) in [5, 5.41) is 10.8. The third-order valence-electron chi connectivity index (χ3n) is 7.12. The summed E-state index contributed by atoms with van der Waals surface area (Å²) in [6, 6.07) is 11.9. The molecule has 2 saturated carbocycles. The molecule has 1 aromatic carbocycles. The second-order valence-electron chi connectivity index (χ2n) is 9.54. The minimum Gasteiger partial charge on any atom is -0.462 e. The number of hydrogen-bond acceptors (Lipinski definition) is 5. The van der Waals surface area contributed by atoms with Gasteiger partial charge >= 0.3 is 5.97 Å². The van der Waals surface area contributed by atoms with Gasteiger partial charge < -0.3 is 9.84 Å². The maximum Gasteiger partial charge on any atom is 0.341 e. The van der Waals surface area contributed by atoms with Crippen LogP contribution in [0.2, 0.25) is 0 Å². The minimum atomic E-state index is -0.378. The third kappa shape index (κ3) is 5.49. The quantitative estimate of drug-likeness (QED) is 0.523. The normalized spacial score (nSPS) is 25.4. The fourth-order valence-corrected chi connectivity index (χ4v) is 6.35. The van der Waals surface area contributed by atoms with Crippen LogP contribution in [0.3, 0.4) is 0 Å². The number of rotatable bonds is 6. The number of nitrogens with zero attached hydrogens (tertiary/aromatic N) is 1. The zero-order valence-electron chi connectivity index (χ0n) is 19.7. The lowest BCUT2D eigenvalue weighted by atomic mass is 9.81. The van der Waals surface area contributed by atoms with Gasteiger partial charge in [-0.25, -0.2) is 4.79 Å². The molecule has 33 heavy (non-hydrogen) atoms. The molecular weight excluding hydrogens is 434 g/mol. The lowest BCUT2D eigenvalue weighted by molar-refractivity contribution is -0.124. The highest BCUT2D eigenvalue weighted by molar-refractivity contribution is 7.20. The SMILES string of the molecule is CCOC(=O)c1cc(-c2ccccc2)sc1N(C(=O)C1CCC(C)CC1)C1CCC(O)CC1. The lowest BCUT2D eigenvalue weighted by Gasteiger charge is -2.38. The Balaban J connectivity index is 1.75. The van der Waals surface area contributed by atoms with E-state index < -0.39 is 0 Å². The van der Waals surface area contributed by atoms with Crippen molar-refractivity contribution in [1.29, 1.82) is 0 Å². The van der Waals surface area contributed by atoms with Crippen LogP contribution in [0.25, 0.3) is 10.4 Å². The summed E-state index contributed by atoms with van der Waals surface area (Å²) in [5.41, 5.74) is 1.50. The molecule has 1 heterocycles. The van der Waals surface area contributed by atoms with Crippen molar-refractivity contribution in [1.82, 2.24) is 0 Å². The number of ether oxygens (including phenoxy) is 1. The molecule has 0 unspecified atom stereocenters. The summed E-state index contributed by atoms with van der Waals surface area (Å²) >= 11 is 1.50. The number of carbonyl (C=O) groups is 2. The topological polar surface area (TPSA) is 66.8 Å². The largest absolute Gasteiger partial charge is 0.462 e. The number of carbonyl (C=O) groups excluding carboxylic acids is 2. The van der Waals surface area contributed by atoms with Crippen molar-refractivity contribution >= 4 is 28.2 Å². The summed E-state index contributed by atoms with van der Waals surface area (Å²) in [5.74, 6) is 0.409. The molecule has 0 aliphatic heterocycles. The van der Waals surface area contributed by atoms with E-state index in [1.165, 1.54) is 11.3 Å². The number of hydrogen-bond donors (Lipinski definition) is 1. The first-order chi connectivity index (χ1) is 16.0. The zero-order valence-corrected chi connectivity index (χ0v) is 20.5.